The van der Waals surface area contributed by atoms with Gasteiger partial charge in [0.25, 0.3) is 11.8 Å². The Labute approximate surface area is 166 Å². The van der Waals surface area contributed by atoms with Crippen LogP contribution in [0.1, 0.15) is 45.5 Å². The second kappa shape index (κ2) is 8.46. The summed E-state index contributed by atoms with van der Waals surface area (Å²) < 4.78 is 5.90. The van der Waals surface area contributed by atoms with Crippen LogP contribution in [0.4, 0.5) is 0 Å². The third-order valence-electron chi connectivity index (χ3n) is 5.05. The molecular weight excluding hydrogens is 352 g/mol. The summed E-state index contributed by atoms with van der Waals surface area (Å²) in [6.07, 6.45) is 2.06. The molecule has 28 heavy (non-hydrogen) atoms. The van der Waals surface area contributed by atoms with Gasteiger partial charge in [-0.3, -0.25) is 9.59 Å². The van der Waals surface area contributed by atoms with Crippen molar-refractivity contribution >= 4 is 11.8 Å². The van der Waals surface area contributed by atoms with Gasteiger partial charge in [-0.05, 0) is 62.4 Å². The summed E-state index contributed by atoms with van der Waals surface area (Å²) in [4.78, 5) is 26.4. The van der Waals surface area contributed by atoms with Crippen molar-refractivity contribution in [1.82, 2.24) is 10.2 Å². The Morgan fingerprint density at radius 1 is 1.07 bits per heavy atom. The maximum absolute atomic E-state index is 12.9. The first-order chi connectivity index (χ1) is 13.4. The molecule has 2 amide bonds. The molecule has 1 aliphatic carbocycles. The van der Waals surface area contributed by atoms with E-state index in [-0.39, 0.29) is 24.5 Å². The van der Waals surface area contributed by atoms with E-state index in [1.165, 1.54) is 5.56 Å². The topological polar surface area (TPSA) is 58.6 Å². The summed E-state index contributed by atoms with van der Waals surface area (Å²) in [7, 11) is 1.61. The van der Waals surface area contributed by atoms with Crippen LogP contribution in [0.3, 0.4) is 0 Å². The monoisotopic (exact) mass is 380 g/mol. The number of aryl methyl sites for hydroxylation is 3. The summed E-state index contributed by atoms with van der Waals surface area (Å²) in [5.74, 6) is 0.681. The van der Waals surface area contributed by atoms with Crippen LogP contribution in [-0.4, -0.2) is 36.4 Å². The first-order valence-corrected chi connectivity index (χ1v) is 9.70. The Balaban J connectivity index is 1.66. The van der Waals surface area contributed by atoms with E-state index >= 15 is 0 Å². The number of hydrogen-bond acceptors (Lipinski definition) is 3. The highest BCUT2D eigenvalue weighted by molar-refractivity contribution is 5.93. The third kappa shape index (κ3) is 4.71. The third-order valence-corrected chi connectivity index (χ3v) is 5.05. The predicted molar refractivity (Wildman–Crippen MR) is 110 cm³/mol. The van der Waals surface area contributed by atoms with Crippen LogP contribution in [0.25, 0.3) is 0 Å². The Kier molecular flexibility index (Phi) is 6.02. The fourth-order valence-electron chi connectivity index (χ4n) is 3.52. The lowest BCUT2D eigenvalue weighted by Gasteiger charge is -2.23. The molecule has 148 valence electrons. The van der Waals surface area contributed by atoms with E-state index < -0.39 is 0 Å². The Hall–Kier alpha value is -2.82. The second-order valence-corrected chi connectivity index (χ2v) is 7.55. The Morgan fingerprint density at radius 3 is 2.21 bits per heavy atom. The number of benzene rings is 2. The molecule has 0 unspecified atom stereocenters. The molecule has 3 rings (SSSR count). The van der Waals surface area contributed by atoms with Gasteiger partial charge in [-0.1, -0.05) is 29.8 Å². The van der Waals surface area contributed by atoms with Crippen molar-refractivity contribution in [2.24, 2.45) is 0 Å². The summed E-state index contributed by atoms with van der Waals surface area (Å²) in [6.45, 7) is 6.64. The molecule has 0 spiro atoms. The van der Waals surface area contributed by atoms with Gasteiger partial charge in [0.2, 0.25) is 0 Å². The number of carbonyl (C=O) groups is 2. The molecule has 2 aromatic rings. The maximum atomic E-state index is 12.9. The number of hydrogen-bond donors (Lipinski definition) is 1. The molecule has 1 N–H and O–H groups in total. The fourth-order valence-corrected chi connectivity index (χ4v) is 3.52. The fraction of sp³-hybridized carbons (Fsp3) is 0.391. The van der Waals surface area contributed by atoms with Crippen molar-refractivity contribution in [2.45, 2.75) is 46.2 Å². The smallest absolute Gasteiger partial charge is 0.261 e. The molecule has 0 aromatic heterocycles. The summed E-state index contributed by atoms with van der Waals surface area (Å²) in [5, 5.41) is 2.61. The molecule has 0 bridgehead atoms. The molecule has 1 saturated carbocycles. The molecule has 2 aromatic carbocycles. The molecule has 0 aliphatic heterocycles. The van der Waals surface area contributed by atoms with Crippen molar-refractivity contribution in [3.05, 3.63) is 64.2 Å². The molecule has 5 nitrogen and oxygen atoms in total. The Morgan fingerprint density at radius 2 is 1.68 bits per heavy atom. The number of rotatable bonds is 7. The van der Waals surface area contributed by atoms with Gasteiger partial charge in [0.05, 0.1) is 0 Å². The van der Waals surface area contributed by atoms with Crippen LogP contribution in [0.15, 0.2) is 36.4 Å². The van der Waals surface area contributed by atoms with Crippen LogP contribution in [0.5, 0.6) is 5.75 Å². The summed E-state index contributed by atoms with van der Waals surface area (Å²) in [6, 6.07) is 11.8. The summed E-state index contributed by atoms with van der Waals surface area (Å²) in [5.41, 5.74) is 4.91. The minimum absolute atomic E-state index is 0.00254. The molecule has 0 heterocycles. The number of amides is 2. The molecule has 1 fully saturated rings. The first-order valence-electron chi connectivity index (χ1n) is 9.70. The zero-order chi connectivity index (χ0) is 20.3. The lowest BCUT2D eigenvalue weighted by atomic mass is 10.1. The van der Waals surface area contributed by atoms with Gasteiger partial charge in [0.15, 0.2) is 6.61 Å². The lowest BCUT2D eigenvalue weighted by molar-refractivity contribution is -0.134. The largest absolute Gasteiger partial charge is 0.483 e. The van der Waals surface area contributed by atoms with E-state index in [1.807, 2.05) is 30.9 Å². The van der Waals surface area contributed by atoms with Gasteiger partial charge < -0.3 is 15.0 Å². The Bertz CT molecular complexity index is 847. The van der Waals surface area contributed by atoms with Crippen molar-refractivity contribution < 1.29 is 14.3 Å². The van der Waals surface area contributed by atoms with E-state index in [9.17, 15) is 9.59 Å². The van der Waals surface area contributed by atoms with E-state index in [1.54, 1.807) is 19.2 Å². The zero-order valence-electron chi connectivity index (χ0n) is 17.0. The first kappa shape index (κ1) is 19.9. The van der Waals surface area contributed by atoms with E-state index in [0.717, 1.165) is 35.3 Å². The highest BCUT2D eigenvalue weighted by atomic mass is 16.5. The van der Waals surface area contributed by atoms with Gasteiger partial charge in [0, 0.05) is 25.2 Å². The van der Waals surface area contributed by atoms with Gasteiger partial charge in [0.1, 0.15) is 5.75 Å². The second-order valence-electron chi connectivity index (χ2n) is 7.55. The van der Waals surface area contributed by atoms with Crippen molar-refractivity contribution in [3.8, 4) is 5.75 Å². The van der Waals surface area contributed by atoms with E-state index in [0.29, 0.717) is 12.1 Å². The van der Waals surface area contributed by atoms with Crippen molar-refractivity contribution in [2.75, 3.05) is 13.7 Å². The lowest BCUT2D eigenvalue weighted by Crippen LogP contribution is -2.36. The van der Waals surface area contributed by atoms with Crippen molar-refractivity contribution in [3.63, 3.8) is 0 Å². The zero-order valence-corrected chi connectivity index (χ0v) is 17.0. The maximum Gasteiger partial charge on any atom is 0.261 e. The van der Waals surface area contributed by atoms with Gasteiger partial charge >= 0.3 is 0 Å². The summed E-state index contributed by atoms with van der Waals surface area (Å²) >= 11 is 0. The molecule has 0 saturated heterocycles. The number of nitrogens with zero attached hydrogens (tertiary/aromatic N) is 1. The minimum atomic E-state index is -0.112. The number of nitrogens with one attached hydrogen (secondary N) is 1. The number of ether oxygens (including phenoxy) is 1. The van der Waals surface area contributed by atoms with Gasteiger partial charge in [-0.15, -0.1) is 0 Å². The standard InChI is InChI=1S/C23H28N2O3/c1-15-11-16(2)22(17(3)12-15)28-14-21(26)25(20-9-10-20)13-18-5-7-19(8-6-18)23(27)24-4/h5-8,11-12,20H,9-10,13-14H2,1-4H3,(H,24,27). The highest BCUT2D eigenvalue weighted by Crippen LogP contribution is 2.29. The SMILES string of the molecule is CNC(=O)c1ccc(CN(C(=O)COc2c(C)cc(C)cc2C)C2CC2)cc1. The molecule has 0 radical (unpaired) electrons. The van der Waals surface area contributed by atoms with Crippen LogP contribution in [-0.2, 0) is 11.3 Å². The molecule has 1 aliphatic rings. The molecular formula is C23H28N2O3. The predicted octanol–water partition coefficient (Wildman–Crippen LogP) is 3.54. The highest BCUT2D eigenvalue weighted by Gasteiger charge is 2.32. The normalized spacial score (nSPS) is 13.1. The van der Waals surface area contributed by atoms with E-state index in [4.69, 9.17) is 4.74 Å². The van der Waals surface area contributed by atoms with Gasteiger partial charge in [-0.25, -0.2) is 0 Å². The van der Waals surface area contributed by atoms with Crippen LogP contribution in [0.2, 0.25) is 0 Å². The van der Waals surface area contributed by atoms with E-state index in [2.05, 4.69) is 24.4 Å². The van der Waals surface area contributed by atoms with Crippen molar-refractivity contribution in [1.29, 1.82) is 0 Å². The quantitative estimate of drug-likeness (QED) is 0.799. The average Bonchev–Trinajstić information content (AvgIpc) is 3.50. The van der Waals surface area contributed by atoms with Gasteiger partial charge in [-0.2, -0.15) is 0 Å². The van der Waals surface area contributed by atoms with Crippen LogP contribution in [0, 0.1) is 20.8 Å². The molecule has 0 atom stereocenters. The number of carbonyl (C=O) groups excluding carboxylic acids is 2. The minimum Gasteiger partial charge on any atom is -0.483 e. The van der Waals surface area contributed by atoms with Crippen LogP contribution < -0.4 is 10.1 Å². The van der Waals surface area contributed by atoms with Crippen LogP contribution >= 0.6 is 0 Å². The average molecular weight is 380 g/mol. The molecule has 5 heteroatoms.